The average Bonchev–Trinajstić information content (AvgIpc) is 2.30. The van der Waals surface area contributed by atoms with Crippen molar-refractivity contribution in [1.29, 1.82) is 0 Å². The molecule has 2 rings (SSSR count). The molecule has 3 heteroatoms. The van der Waals surface area contributed by atoms with Crippen LogP contribution in [-0.2, 0) is 0 Å². The Morgan fingerprint density at radius 2 is 2.40 bits per heavy atom. The van der Waals surface area contributed by atoms with E-state index in [4.69, 9.17) is 0 Å². The Hall–Kier alpha value is -1.09. The van der Waals surface area contributed by atoms with Gasteiger partial charge in [-0.05, 0) is 31.9 Å². The van der Waals surface area contributed by atoms with Crippen LogP contribution in [0.3, 0.4) is 0 Å². The minimum atomic E-state index is -0.212. The summed E-state index contributed by atoms with van der Waals surface area (Å²) in [5.74, 6) is 1.42. The van der Waals surface area contributed by atoms with E-state index in [-0.39, 0.29) is 6.10 Å². The third-order valence-corrected chi connectivity index (χ3v) is 3.11. The van der Waals surface area contributed by atoms with E-state index in [9.17, 15) is 5.11 Å². The molecule has 1 N–H and O–H groups in total. The first-order valence-electron chi connectivity index (χ1n) is 5.61. The molecule has 1 fully saturated rings. The molecule has 82 valence electrons. The summed E-state index contributed by atoms with van der Waals surface area (Å²) in [7, 11) is 0. The topological polar surface area (TPSA) is 36.4 Å². The zero-order valence-electron chi connectivity index (χ0n) is 9.13. The molecule has 0 aliphatic carbocycles. The van der Waals surface area contributed by atoms with E-state index in [2.05, 4.69) is 9.88 Å². The molecule has 0 saturated carbocycles. The normalized spacial score (nSPS) is 23.9. The smallest absolute Gasteiger partial charge is 0.128 e. The number of hydrogen-bond acceptors (Lipinski definition) is 3. The SMILES string of the molecule is CC(O)C1CCCN(c2ccccn2)C1. The van der Waals surface area contributed by atoms with Crippen molar-refractivity contribution >= 4 is 5.82 Å². The van der Waals surface area contributed by atoms with Crippen molar-refractivity contribution < 1.29 is 5.11 Å². The predicted octanol–water partition coefficient (Wildman–Crippen LogP) is 1.68. The van der Waals surface area contributed by atoms with Crippen molar-refractivity contribution in [2.45, 2.75) is 25.9 Å². The van der Waals surface area contributed by atoms with Gasteiger partial charge in [-0.1, -0.05) is 6.07 Å². The second-order valence-corrected chi connectivity index (χ2v) is 4.28. The maximum Gasteiger partial charge on any atom is 0.128 e. The molecule has 15 heavy (non-hydrogen) atoms. The minimum Gasteiger partial charge on any atom is -0.393 e. The van der Waals surface area contributed by atoms with Crippen LogP contribution in [0.1, 0.15) is 19.8 Å². The van der Waals surface area contributed by atoms with E-state index in [0.29, 0.717) is 5.92 Å². The first-order valence-corrected chi connectivity index (χ1v) is 5.61. The van der Waals surface area contributed by atoms with Crippen molar-refractivity contribution in [3.63, 3.8) is 0 Å². The summed E-state index contributed by atoms with van der Waals surface area (Å²) in [5, 5.41) is 9.59. The molecule has 0 radical (unpaired) electrons. The van der Waals surface area contributed by atoms with Crippen LogP contribution in [0, 0.1) is 5.92 Å². The van der Waals surface area contributed by atoms with E-state index < -0.39 is 0 Å². The number of anilines is 1. The molecular formula is C12H18N2O. The van der Waals surface area contributed by atoms with Gasteiger partial charge in [0, 0.05) is 25.2 Å². The lowest BCUT2D eigenvalue weighted by Gasteiger charge is -2.34. The molecule has 0 aromatic carbocycles. The fourth-order valence-corrected chi connectivity index (χ4v) is 2.15. The molecular weight excluding hydrogens is 188 g/mol. The van der Waals surface area contributed by atoms with Crippen LogP contribution >= 0.6 is 0 Å². The molecule has 1 saturated heterocycles. The molecule has 1 aromatic heterocycles. The lowest BCUT2D eigenvalue weighted by atomic mass is 9.93. The fourth-order valence-electron chi connectivity index (χ4n) is 2.15. The first-order chi connectivity index (χ1) is 7.27. The highest BCUT2D eigenvalue weighted by Crippen LogP contribution is 2.23. The molecule has 0 amide bonds. The predicted molar refractivity (Wildman–Crippen MR) is 60.9 cm³/mol. The zero-order chi connectivity index (χ0) is 10.7. The Labute approximate surface area is 90.8 Å². The van der Waals surface area contributed by atoms with Crippen LogP contribution in [0.4, 0.5) is 5.82 Å². The molecule has 0 bridgehead atoms. The van der Waals surface area contributed by atoms with Gasteiger partial charge in [0.2, 0.25) is 0 Å². The van der Waals surface area contributed by atoms with E-state index in [1.165, 1.54) is 0 Å². The van der Waals surface area contributed by atoms with Gasteiger partial charge in [-0.3, -0.25) is 0 Å². The van der Waals surface area contributed by atoms with Crippen molar-refractivity contribution in [3.05, 3.63) is 24.4 Å². The molecule has 2 atom stereocenters. The van der Waals surface area contributed by atoms with E-state index in [0.717, 1.165) is 31.7 Å². The Kier molecular flexibility index (Phi) is 3.21. The second-order valence-electron chi connectivity index (χ2n) is 4.28. The maximum absolute atomic E-state index is 9.59. The van der Waals surface area contributed by atoms with Gasteiger partial charge in [0.25, 0.3) is 0 Å². The number of rotatable bonds is 2. The van der Waals surface area contributed by atoms with Gasteiger partial charge in [-0.25, -0.2) is 4.98 Å². The van der Waals surface area contributed by atoms with Gasteiger partial charge >= 0.3 is 0 Å². The average molecular weight is 206 g/mol. The third kappa shape index (κ3) is 2.48. The van der Waals surface area contributed by atoms with Crippen LogP contribution in [0.2, 0.25) is 0 Å². The molecule has 1 aliphatic rings. The monoisotopic (exact) mass is 206 g/mol. The number of nitrogens with zero attached hydrogens (tertiary/aromatic N) is 2. The molecule has 1 aliphatic heterocycles. The highest BCUT2D eigenvalue weighted by Gasteiger charge is 2.23. The van der Waals surface area contributed by atoms with Crippen molar-refractivity contribution in [2.24, 2.45) is 5.92 Å². The maximum atomic E-state index is 9.59. The minimum absolute atomic E-state index is 0.212. The Bertz CT molecular complexity index is 300. The molecule has 1 aromatic rings. The molecule has 3 nitrogen and oxygen atoms in total. The summed E-state index contributed by atoms with van der Waals surface area (Å²) in [6.07, 6.45) is 3.88. The Morgan fingerprint density at radius 3 is 3.07 bits per heavy atom. The van der Waals surface area contributed by atoms with Crippen molar-refractivity contribution in [1.82, 2.24) is 4.98 Å². The van der Waals surface area contributed by atoms with Gasteiger partial charge in [0.05, 0.1) is 6.10 Å². The summed E-state index contributed by atoms with van der Waals surface area (Å²) in [5.41, 5.74) is 0. The van der Waals surface area contributed by atoms with Crippen LogP contribution in [-0.4, -0.2) is 29.3 Å². The lowest BCUT2D eigenvalue weighted by molar-refractivity contribution is 0.115. The number of aliphatic hydroxyl groups excluding tert-OH is 1. The highest BCUT2D eigenvalue weighted by atomic mass is 16.3. The van der Waals surface area contributed by atoms with Crippen LogP contribution in [0.15, 0.2) is 24.4 Å². The summed E-state index contributed by atoms with van der Waals surface area (Å²) in [6.45, 7) is 3.86. The highest BCUT2D eigenvalue weighted by molar-refractivity contribution is 5.38. The summed E-state index contributed by atoms with van der Waals surface area (Å²) in [6, 6.07) is 5.97. The quantitative estimate of drug-likeness (QED) is 0.799. The van der Waals surface area contributed by atoms with Crippen LogP contribution < -0.4 is 4.90 Å². The van der Waals surface area contributed by atoms with Gasteiger partial charge in [-0.2, -0.15) is 0 Å². The fraction of sp³-hybridized carbons (Fsp3) is 0.583. The lowest BCUT2D eigenvalue weighted by Crippen LogP contribution is -2.39. The summed E-state index contributed by atoms with van der Waals surface area (Å²) in [4.78, 5) is 6.61. The van der Waals surface area contributed by atoms with Crippen LogP contribution in [0.25, 0.3) is 0 Å². The summed E-state index contributed by atoms with van der Waals surface area (Å²) >= 11 is 0. The van der Waals surface area contributed by atoms with Gasteiger partial charge in [0.1, 0.15) is 5.82 Å². The summed E-state index contributed by atoms with van der Waals surface area (Å²) < 4.78 is 0. The van der Waals surface area contributed by atoms with E-state index in [1.54, 1.807) is 0 Å². The van der Waals surface area contributed by atoms with Gasteiger partial charge in [-0.15, -0.1) is 0 Å². The van der Waals surface area contributed by atoms with E-state index in [1.807, 2.05) is 31.3 Å². The first kappa shape index (κ1) is 10.4. The molecule has 2 heterocycles. The number of aliphatic hydroxyl groups is 1. The number of aromatic nitrogens is 1. The number of pyridine rings is 1. The molecule has 2 unspecified atom stereocenters. The van der Waals surface area contributed by atoms with Gasteiger partial charge < -0.3 is 10.0 Å². The number of piperidine rings is 1. The zero-order valence-corrected chi connectivity index (χ0v) is 9.13. The molecule has 0 spiro atoms. The van der Waals surface area contributed by atoms with Crippen molar-refractivity contribution in [2.75, 3.05) is 18.0 Å². The van der Waals surface area contributed by atoms with Gasteiger partial charge in [0.15, 0.2) is 0 Å². The Balaban J connectivity index is 2.05. The third-order valence-electron chi connectivity index (χ3n) is 3.11. The number of hydrogen-bond donors (Lipinski definition) is 1. The largest absolute Gasteiger partial charge is 0.393 e. The van der Waals surface area contributed by atoms with Crippen molar-refractivity contribution in [3.8, 4) is 0 Å². The standard InChI is InChI=1S/C12H18N2O/c1-10(15)11-5-4-8-14(9-11)12-6-2-3-7-13-12/h2-3,6-7,10-11,15H,4-5,8-9H2,1H3. The Morgan fingerprint density at radius 1 is 1.53 bits per heavy atom. The van der Waals surface area contributed by atoms with E-state index >= 15 is 0 Å². The second kappa shape index (κ2) is 4.62. The van der Waals surface area contributed by atoms with Crippen LogP contribution in [0.5, 0.6) is 0 Å².